The van der Waals surface area contributed by atoms with Gasteiger partial charge in [0.25, 0.3) is 0 Å². The summed E-state index contributed by atoms with van der Waals surface area (Å²) in [6, 6.07) is 7.87. The number of nitrogens with zero attached hydrogens (tertiary/aromatic N) is 1. The van der Waals surface area contributed by atoms with E-state index in [0.29, 0.717) is 6.54 Å². The van der Waals surface area contributed by atoms with Crippen LogP contribution in [-0.2, 0) is 16.4 Å². The van der Waals surface area contributed by atoms with E-state index in [1.165, 1.54) is 29.8 Å². The van der Waals surface area contributed by atoms with Crippen LogP contribution in [0.5, 0.6) is 0 Å². The SMILES string of the molecule is CCN(c1ccccc1CCCC1CC1)S(C)(=O)=O. The quantitative estimate of drug-likeness (QED) is 0.769. The van der Waals surface area contributed by atoms with E-state index in [0.717, 1.165) is 30.0 Å². The van der Waals surface area contributed by atoms with Gasteiger partial charge in [-0.25, -0.2) is 8.42 Å². The van der Waals surface area contributed by atoms with Crippen molar-refractivity contribution in [3.63, 3.8) is 0 Å². The van der Waals surface area contributed by atoms with Crippen molar-refractivity contribution in [3.8, 4) is 0 Å². The summed E-state index contributed by atoms with van der Waals surface area (Å²) in [5.74, 6) is 0.935. The Hall–Kier alpha value is -1.03. The van der Waals surface area contributed by atoms with Gasteiger partial charge in [0, 0.05) is 6.54 Å². The summed E-state index contributed by atoms with van der Waals surface area (Å²) in [6.45, 7) is 2.36. The van der Waals surface area contributed by atoms with E-state index in [2.05, 4.69) is 6.07 Å². The zero-order valence-corrected chi connectivity index (χ0v) is 12.6. The molecule has 2 rings (SSSR count). The Morgan fingerprint density at radius 1 is 1.26 bits per heavy atom. The largest absolute Gasteiger partial charge is 0.270 e. The summed E-state index contributed by atoms with van der Waals surface area (Å²) >= 11 is 0. The molecule has 4 heteroatoms. The highest BCUT2D eigenvalue weighted by Gasteiger charge is 2.21. The maximum Gasteiger partial charge on any atom is 0.232 e. The van der Waals surface area contributed by atoms with Gasteiger partial charge in [0.15, 0.2) is 0 Å². The number of hydrogen-bond donors (Lipinski definition) is 0. The second-order valence-electron chi connectivity index (χ2n) is 5.39. The molecule has 0 unspecified atom stereocenters. The van der Waals surface area contributed by atoms with E-state index in [9.17, 15) is 8.42 Å². The molecule has 1 aromatic carbocycles. The van der Waals surface area contributed by atoms with Gasteiger partial charge in [-0.05, 0) is 37.3 Å². The van der Waals surface area contributed by atoms with Gasteiger partial charge in [-0.15, -0.1) is 0 Å². The first-order valence-corrected chi connectivity index (χ1v) is 8.93. The normalized spacial score (nSPS) is 15.5. The number of aryl methyl sites for hydroxylation is 1. The first-order chi connectivity index (χ1) is 9.02. The number of anilines is 1. The van der Waals surface area contributed by atoms with Gasteiger partial charge in [0.1, 0.15) is 0 Å². The lowest BCUT2D eigenvalue weighted by atomic mass is 10.0. The molecule has 1 aromatic rings. The molecule has 3 nitrogen and oxygen atoms in total. The molecular weight excluding hydrogens is 258 g/mol. The third-order valence-corrected chi connectivity index (χ3v) is 4.96. The van der Waals surface area contributed by atoms with E-state index < -0.39 is 10.0 Å². The fourth-order valence-electron chi connectivity index (χ4n) is 2.54. The molecule has 0 aliphatic heterocycles. The van der Waals surface area contributed by atoms with Crippen LogP contribution in [0, 0.1) is 5.92 Å². The summed E-state index contributed by atoms with van der Waals surface area (Å²) in [4.78, 5) is 0. The van der Waals surface area contributed by atoms with Gasteiger partial charge in [0.05, 0.1) is 11.9 Å². The van der Waals surface area contributed by atoms with Gasteiger partial charge < -0.3 is 0 Å². The average Bonchev–Trinajstić information content (AvgIpc) is 3.14. The van der Waals surface area contributed by atoms with Crippen LogP contribution in [0.3, 0.4) is 0 Å². The van der Waals surface area contributed by atoms with Crippen molar-refractivity contribution in [2.75, 3.05) is 17.1 Å². The molecule has 0 spiro atoms. The van der Waals surface area contributed by atoms with E-state index in [1.54, 1.807) is 0 Å². The predicted octanol–water partition coefficient (Wildman–Crippen LogP) is 3.21. The van der Waals surface area contributed by atoms with Crippen LogP contribution in [0.1, 0.15) is 38.2 Å². The standard InChI is InChI=1S/C15H23NO2S/c1-3-16(19(2,17)18)15-10-5-4-8-14(15)9-6-7-13-11-12-13/h4-5,8,10,13H,3,6-7,9,11-12H2,1-2H3. The van der Waals surface area contributed by atoms with Crippen molar-refractivity contribution >= 4 is 15.7 Å². The third kappa shape index (κ3) is 3.96. The van der Waals surface area contributed by atoms with Crippen LogP contribution in [-0.4, -0.2) is 21.2 Å². The van der Waals surface area contributed by atoms with Crippen LogP contribution in [0.15, 0.2) is 24.3 Å². The van der Waals surface area contributed by atoms with Crippen molar-refractivity contribution in [1.29, 1.82) is 0 Å². The van der Waals surface area contributed by atoms with E-state index in [-0.39, 0.29) is 0 Å². The Kier molecular flexibility index (Phi) is 4.50. The van der Waals surface area contributed by atoms with Crippen molar-refractivity contribution < 1.29 is 8.42 Å². The number of hydrogen-bond acceptors (Lipinski definition) is 2. The Balaban J connectivity index is 2.13. The smallest absolute Gasteiger partial charge is 0.232 e. The lowest BCUT2D eigenvalue weighted by Gasteiger charge is -2.23. The molecule has 0 bridgehead atoms. The monoisotopic (exact) mass is 281 g/mol. The second-order valence-corrected chi connectivity index (χ2v) is 7.30. The highest BCUT2D eigenvalue weighted by molar-refractivity contribution is 7.92. The number of rotatable bonds is 7. The molecule has 1 aliphatic carbocycles. The molecule has 0 heterocycles. The van der Waals surface area contributed by atoms with Crippen LogP contribution < -0.4 is 4.31 Å². The van der Waals surface area contributed by atoms with E-state index in [1.807, 2.05) is 25.1 Å². The summed E-state index contributed by atoms with van der Waals surface area (Å²) in [5, 5.41) is 0. The third-order valence-electron chi connectivity index (χ3n) is 3.70. The summed E-state index contributed by atoms with van der Waals surface area (Å²) in [7, 11) is -3.19. The van der Waals surface area contributed by atoms with Crippen molar-refractivity contribution in [2.45, 2.75) is 39.0 Å². The molecule has 0 atom stereocenters. The Labute approximate surface area is 116 Å². The van der Waals surface area contributed by atoms with Crippen LogP contribution >= 0.6 is 0 Å². The highest BCUT2D eigenvalue weighted by Crippen LogP contribution is 2.34. The lowest BCUT2D eigenvalue weighted by Crippen LogP contribution is -2.30. The van der Waals surface area contributed by atoms with Gasteiger partial charge >= 0.3 is 0 Å². The van der Waals surface area contributed by atoms with Crippen LogP contribution in [0.2, 0.25) is 0 Å². The Bertz CT molecular complexity index is 521. The first-order valence-electron chi connectivity index (χ1n) is 7.08. The predicted molar refractivity (Wildman–Crippen MR) is 80.0 cm³/mol. The minimum Gasteiger partial charge on any atom is -0.270 e. The van der Waals surface area contributed by atoms with Crippen molar-refractivity contribution in [2.24, 2.45) is 5.92 Å². The van der Waals surface area contributed by atoms with E-state index in [4.69, 9.17) is 0 Å². The number of para-hydroxylation sites is 1. The highest BCUT2D eigenvalue weighted by atomic mass is 32.2. The minimum atomic E-state index is -3.19. The molecular formula is C15H23NO2S. The maximum absolute atomic E-state index is 11.8. The maximum atomic E-state index is 11.8. The molecule has 1 fully saturated rings. The molecule has 0 saturated heterocycles. The van der Waals surface area contributed by atoms with E-state index >= 15 is 0 Å². The summed E-state index contributed by atoms with van der Waals surface area (Å²) in [5.41, 5.74) is 2.00. The van der Waals surface area contributed by atoms with Gasteiger partial charge in [-0.2, -0.15) is 0 Å². The average molecular weight is 281 g/mol. The molecule has 0 N–H and O–H groups in total. The molecule has 1 saturated carbocycles. The molecule has 0 radical (unpaired) electrons. The first kappa shape index (κ1) is 14.4. The lowest BCUT2D eigenvalue weighted by molar-refractivity contribution is 0.597. The van der Waals surface area contributed by atoms with Crippen molar-refractivity contribution in [3.05, 3.63) is 29.8 Å². The topological polar surface area (TPSA) is 37.4 Å². The molecule has 0 aromatic heterocycles. The number of sulfonamides is 1. The van der Waals surface area contributed by atoms with Crippen LogP contribution in [0.25, 0.3) is 0 Å². The van der Waals surface area contributed by atoms with Gasteiger partial charge in [0.2, 0.25) is 10.0 Å². The van der Waals surface area contributed by atoms with Gasteiger partial charge in [-0.3, -0.25) is 4.31 Å². The zero-order valence-electron chi connectivity index (χ0n) is 11.8. The van der Waals surface area contributed by atoms with Gasteiger partial charge in [-0.1, -0.05) is 37.5 Å². The summed E-state index contributed by atoms with van der Waals surface area (Å²) in [6.07, 6.45) is 7.44. The molecule has 19 heavy (non-hydrogen) atoms. The number of benzene rings is 1. The van der Waals surface area contributed by atoms with Crippen molar-refractivity contribution in [1.82, 2.24) is 0 Å². The Morgan fingerprint density at radius 3 is 2.53 bits per heavy atom. The fourth-order valence-corrected chi connectivity index (χ4v) is 3.54. The van der Waals surface area contributed by atoms with Crippen LogP contribution in [0.4, 0.5) is 5.69 Å². The minimum absolute atomic E-state index is 0.485. The Morgan fingerprint density at radius 2 is 1.95 bits per heavy atom. The fraction of sp³-hybridized carbons (Fsp3) is 0.600. The molecule has 106 valence electrons. The second kappa shape index (κ2) is 5.95. The molecule has 0 amide bonds. The molecule has 1 aliphatic rings. The summed E-state index contributed by atoms with van der Waals surface area (Å²) < 4.78 is 25.2. The zero-order chi connectivity index (χ0) is 13.9.